The zero-order valence-electron chi connectivity index (χ0n) is 17.4. The number of methoxy groups -OCH3 is 2. The molecular weight excluding hydrogens is 382 g/mol. The molecule has 1 fully saturated rings. The molecule has 30 heavy (non-hydrogen) atoms. The molecule has 7 heteroatoms. The normalized spacial score (nSPS) is 16.4. The van der Waals surface area contributed by atoms with Crippen molar-refractivity contribution in [2.45, 2.75) is 32.2 Å². The van der Waals surface area contributed by atoms with E-state index in [0.717, 1.165) is 30.4 Å². The summed E-state index contributed by atoms with van der Waals surface area (Å²) in [4.78, 5) is 20.0. The number of carbonyl (C=O) groups excluding carboxylic acids is 1. The van der Waals surface area contributed by atoms with E-state index >= 15 is 0 Å². The Kier molecular flexibility index (Phi) is 5.70. The molecule has 1 amide bonds. The minimum atomic E-state index is -0.285. The van der Waals surface area contributed by atoms with Gasteiger partial charge in [-0.1, -0.05) is 35.0 Å². The van der Waals surface area contributed by atoms with Crippen molar-refractivity contribution in [1.29, 1.82) is 0 Å². The van der Waals surface area contributed by atoms with Gasteiger partial charge in [0.25, 0.3) is 5.91 Å². The van der Waals surface area contributed by atoms with Crippen LogP contribution in [0.3, 0.4) is 0 Å². The summed E-state index contributed by atoms with van der Waals surface area (Å²) in [5, 5.41) is 4.16. The van der Waals surface area contributed by atoms with Gasteiger partial charge in [0.15, 0.2) is 0 Å². The van der Waals surface area contributed by atoms with Gasteiger partial charge in [-0.3, -0.25) is 4.79 Å². The number of piperidine rings is 1. The first-order valence-corrected chi connectivity index (χ1v) is 10.0. The summed E-state index contributed by atoms with van der Waals surface area (Å²) in [6.07, 6.45) is 2.66. The van der Waals surface area contributed by atoms with Crippen molar-refractivity contribution >= 4 is 5.91 Å². The molecule has 2 aromatic carbocycles. The smallest absolute Gasteiger partial charge is 0.262 e. The van der Waals surface area contributed by atoms with Crippen LogP contribution in [0.5, 0.6) is 11.5 Å². The van der Waals surface area contributed by atoms with Crippen LogP contribution in [0.2, 0.25) is 0 Å². The van der Waals surface area contributed by atoms with Crippen LogP contribution in [0, 0.1) is 6.92 Å². The number of amides is 1. The number of ether oxygens (including phenoxy) is 2. The van der Waals surface area contributed by atoms with Crippen LogP contribution >= 0.6 is 0 Å². The molecule has 0 N–H and O–H groups in total. The van der Waals surface area contributed by atoms with E-state index in [-0.39, 0.29) is 11.9 Å². The topological polar surface area (TPSA) is 77.7 Å². The lowest BCUT2D eigenvalue weighted by molar-refractivity contribution is 0.0554. The zero-order chi connectivity index (χ0) is 21.1. The first-order chi connectivity index (χ1) is 14.6. The standard InChI is InChI=1S/C23H25N3O4/c1-15-8-6-9-16(14-15)21-24-22(30-25-21)17-10-4-5-13-26(17)23(27)20-18(28-2)11-7-12-19(20)29-3/h6-9,11-12,14,17H,4-5,10,13H2,1-3H3/t17-/m1/s1. The molecule has 0 bridgehead atoms. The molecule has 0 spiro atoms. The maximum Gasteiger partial charge on any atom is 0.262 e. The number of aryl methyl sites for hydroxylation is 1. The molecule has 3 aromatic rings. The van der Waals surface area contributed by atoms with Gasteiger partial charge < -0.3 is 18.9 Å². The van der Waals surface area contributed by atoms with Crippen LogP contribution in [0.25, 0.3) is 11.4 Å². The van der Waals surface area contributed by atoms with Crippen molar-refractivity contribution in [3.05, 3.63) is 59.5 Å². The van der Waals surface area contributed by atoms with Crippen LogP contribution in [0.4, 0.5) is 0 Å². The largest absolute Gasteiger partial charge is 0.496 e. The Hall–Kier alpha value is -3.35. The molecule has 1 aliphatic rings. The van der Waals surface area contributed by atoms with Gasteiger partial charge in [-0.15, -0.1) is 0 Å². The van der Waals surface area contributed by atoms with E-state index < -0.39 is 0 Å². The fraction of sp³-hybridized carbons (Fsp3) is 0.348. The molecular formula is C23H25N3O4. The summed E-state index contributed by atoms with van der Waals surface area (Å²) in [6.45, 7) is 2.62. The first kappa shape index (κ1) is 19.9. The third kappa shape index (κ3) is 3.75. The molecule has 2 heterocycles. The molecule has 7 nitrogen and oxygen atoms in total. The van der Waals surface area contributed by atoms with E-state index in [1.807, 2.05) is 31.2 Å². The summed E-state index contributed by atoms with van der Waals surface area (Å²) < 4.78 is 16.5. The predicted octanol–water partition coefficient (Wildman–Crippen LogP) is 4.43. The lowest BCUT2D eigenvalue weighted by Crippen LogP contribution is -2.39. The van der Waals surface area contributed by atoms with Crippen LogP contribution in [-0.4, -0.2) is 41.7 Å². The van der Waals surface area contributed by atoms with Crippen molar-refractivity contribution in [2.24, 2.45) is 0 Å². The number of hydrogen-bond donors (Lipinski definition) is 0. The number of hydrogen-bond acceptors (Lipinski definition) is 6. The maximum atomic E-state index is 13.5. The van der Waals surface area contributed by atoms with E-state index in [9.17, 15) is 4.79 Å². The number of likely N-dealkylation sites (tertiary alicyclic amines) is 1. The van der Waals surface area contributed by atoms with Crippen LogP contribution < -0.4 is 9.47 Å². The fourth-order valence-electron chi connectivity index (χ4n) is 3.91. The molecule has 156 valence electrons. The van der Waals surface area contributed by atoms with E-state index in [2.05, 4.69) is 10.1 Å². The molecule has 0 saturated carbocycles. The molecule has 1 aliphatic heterocycles. The second kappa shape index (κ2) is 8.57. The van der Waals surface area contributed by atoms with Gasteiger partial charge in [0.05, 0.1) is 14.2 Å². The Labute approximate surface area is 175 Å². The van der Waals surface area contributed by atoms with E-state index in [4.69, 9.17) is 14.0 Å². The summed E-state index contributed by atoms with van der Waals surface area (Å²) in [5.41, 5.74) is 2.43. The Balaban J connectivity index is 1.67. The van der Waals surface area contributed by atoms with Crippen molar-refractivity contribution < 1.29 is 18.8 Å². The maximum absolute atomic E-state index is 13.5. The van der Waals surface area contributed by atoms with Crippen molar-refractivity contribution in [1.82, 2.24) is 15.0 Å². The SMILES string of the molecule is COc1cccc(OC)c1C(=O)N1CCCC[C@@H]1c1nc(-c2cccc(C)c2)no1. The highest BCUT2D eigenvalue weighted by Gasteiger charge is 2.35. The molecule has 1 atom stereocenters. The summed E-state index contributed by atoms with van der Waals surface area (Å²) in [7, 11) is 3.09. The number of carbonyl (C=O) groups is 1. The van der Waals surface area contributed by atoms with Crippen LogP contribution in [0.1, 0.15) is 47.1 Å². The van der Waals surface area contributed by atoms with Gasteiger partial charge in [0.1, 0.15) is 23.1 Å². The Morgan fingerprint density at radius 3 is 2.53 bits per heavy atom. The van der Waals surface area contributed by atoms with Crippen LogP contribution in [0.15, 0.2) is 47.0 Å². The number of benzene rings is 2. The van der Waals surface area contributed by atoms with E-state index in [1.165, 1.54) is 0 Å². The third-order valence-corrected chi connectivity index (χ3v) is 5.41. The lowest BCUT2D eigenvalue weighted by Gasteiger charge is -2.34. The number of nitrogens with zero attached hydrogens (tertiary/aromatic N) is 3. The van der Waals surface area contributed by atoms with Crippen LogP contribution in [-0.2, 0) is 0 Å². The molecule has 1 aromatic heterocycles. The van der Waals surface area contributed by atoms with Gasteiger partial charge in [0, 0.05) is 12.1 Å². The van der Waals surface area contributed by atoms with Gasteiger partial charge >= 0.3 is 0 Å². The van der Waals surface area contributed by atoms with Crippen molar-refractivity contribution in [2.75, 3.05) is 20.8 Å². The Bertz CT molecular complexity index is 1020. The molecule has 0 aliphatic carbocycles. The third-order valence-electron chi connectivity index (χ3n) is 5.41. The van der Waals surface area contributed by atoms with Gasteiger partial charge in [0.2, 0.25) is 11.7 Å². The highest BCUT2D eigenvalue weighted by atomic mass is 16.5. The number of rotatable bonds is 5. The average Bonchev–Trinajstić information content (AvgIpc) is 3.28. The van der Waals surface area contributed by atoms with E-state index in [1.54, 1.807) is 37.3 Å². The molecule has 0 unspecified atom stereocenters. The molecule has 0 radical (unpaired) electrons. The minimum absolute atomic E-state index is 0.163. The predicted molar refractivity (Wildman–Crippen MR) is 112 cm³/mol. The highest BCUT2D eigenvalue weighted by molar-refractivity contribution is 6.00. The Morgan fingerprint density at radius 1 is 1.10 bits per heavy atom. The quantitative estimate of drug-likeness (QED) is 0.623. The van der Waals surface area contributed by atoms with E-state index in [0.29, 0.717) is 35.3 Å². The average molecular weight is 407 g/mol. The van der Waals surface area contributed by atoms with Crippen molar-refractivity contribution in [3.8, 4) is 22.9 Å². The van der Waals surface area contributed by atoms with Gasteiger partial charge in [-0.05, 0) is 44.4 Å². The summed E-state index contributed by atoms with van der Waals surface area (Å²) >= 11 is 0. The summed E-state index contributed by atoms with van der Waals surface area (Å²) in [5.74, 6) is 1.78. The fourth-order valence-corrected chi connectivity index (χ4v) is 3.91. The molecule has 4 rings (SSSR count). The first-order valence-electron chi connectivity index (χ1n) is 10.0. The minimum Gasteiger partial charge on any atom is -0.496 e. The van der Waals surface area contributed by atoms with Crippen molar-refractivity contribution in [3.63, 3.8) is 0 Å². The zero-order valence-corrected chi connectivity index (χ0v) is 17.4. The molecule has 1 saturated heterocycles. The second-order valence-corrected chi connectivity index (χ2v) is 7.37. The Morgan fingerprint density at radius 2 is 1.83 bits per heavy atom. The number of aromatic nitrogens is 2. The second-order valence-electron chi connectivity index (χ2n) is 7.37. The van der Waals surface area contributed by atoms with Gasteiger partial charge in [-0.25, -0.2) is 0 Å². The van der Waals surface area contributed by atoms with Gasteiger partial charge in [-0.2, -0.15) is 4.98 Å². The summed E-state index contributed by atoms with van der Waals surface area (Å²) in [6, 6.07) is 13.0. The lowest BCUT2D eigenvalue weighted by atomic mass is 10.00. The highest BCUT2D eigenvalue weighted by Crippen LogP contribution is 2.36. The monoisotopic (exact) mass is 407 g/mol.